The molecule has 17 nitrogen and oxygen atoms in total. The number of nitrogens with zero attached hydrogens (tertiary/aromatic N) is 3. The van der Waals surface area contributed by atoms with Gasteiger partial charge < -0.3 is 21.3 Å². The van der Waals surface area contributed by atoms with Crippen LogP contribution in [0, 0.1) is 55.4 Å². The maximum Gasteiger partial charge on any atom is 0.277 e. The SMILES string of the molecule is Cc1ccc2c(c1)C(=O)N=C2.Cc1ccc2c(c1)C(=O)NC2=O.Cc1ccc2c(c1)C=NC2=O.Cc1ccc2c(c1)CC(=O)N2.Cc1ccc2c(c1)NC(=O)C2.Cc1cccc2c1C=NC2=O.Cc1cccc2c1CC(=O)N2.Cc1cccc2c1NC(=O)C2. The van der Waals surface area contributed by atoms with Crippen molar-refractivity contribution in [3.8, 4) is 0 Å². The smallest absolute Gasteiger partial charge is 0.277 e. The zero-order valence-electron chi connectivity index (χ0n) is 50.4. The van der Waals surface area contributed by atoms with E-state index in [9.17, 15) is 43.2 Å². The molecule has 9 amide bonds. The maximum absolute atomic E-state index is 11.1. The maximum atomic E-state index is 11.1. The van der Waals surface area contributed by atoms with Gasteiger partial charge in [0.15, 0.2) is 0 Å². The molecule has 0 unspecified atom stereocenters. The van der Waals surface area contributed by atoms with Crippen molar-refractivity contribution in [3.05, 3.63) is 257 Å². The van der Waals surface area contributed by atoms with Gasteiger partial charge in [0.1, 0.15) is 0 Å². The van der Waals surface area contributed by atoms with Gasteiger partial charge in [-0.3, -0.25) is 48.5 Å². The van der Waals surface area contributed by atoms with Gasteiger partial charge >= 0.3 is 0 Å². The Hall–Kier alpha value is -11.2. The molecule has 8 aromatic rings. The van der Waals surface area contributed by atoms with Gasteiger partial charge in [-0.1, -0.05) is 113 Å². The number of benzene rings is 8. The summed E-state index contributed by atoms with van der Waals surface area (Å²) >= 11 is 0. The van der Waals surface area contributed by atoms with Crippen LogP contribution in [-0.4, -0.2) is 71.8 Å². The van der Waals surface area contributed by atoms with Crippen LogP contribution in [0.2, 0.25) is 0 Å². The van der Waals surface area contributed by atoms with Gasteiger partial charge in [-0.05, 0) is 154 Å². The standard InChI is InChI=1S/C9H7NO2.C9H7NO.C9H9NO.C9H7NO.2C9H9NO.C9H7NO.C9H9NO/c1-5-2-3-6-7(4-5)9(12)10-8(6)11;1-6-2-3-8-7(4-6)5-10-9(8)11;1-6-2-3-8-7(4-6)5-9(11)10-8;1-6-2-3-7-5-10-9(11)8(7)4-6;1-6-2-3-7-5-9(11)10-8(7)4-6;1-6-3-2-4-8-7(6)5-9(11)10-8;1-6-3-2-4-7-8(6)5-10-9(7)11;1-6-3-2-4-7-5-8(11)10-9(6)7/h2-4H,1H3,(H,10,11,12);2-5H,1H3;2-4H,5H2,1H3,(H,10,11);2-5H,1H3;2*2-4H,5H2,1H3,(H,10,11);2-5H,1H3;2-4H,5H2,1H3,(H,10,11). The number of aryl methyl sites for hydroxylation is 8. The third kappa shape index (κ3) is 15.4. The van der Waals surface area contributed by atoms with Crippen molar-refractivity contribution in [2.75, 3.05) is 21.3 Å². The second kappa shape index (κ2) is 27.4. The molecular weight excluding hydrogens is 1120 g/mol. The molecule has 8 aliphatic rings. The molecule has 89 heavy (non-hydrogen) atoms. The van der Waals surface area contributed by atoms with Crippen LogP contribution in [0.1, 0.15) is 135 Å². The van der Waals surface area contributed by atoms with Crippen LogP contribution in [0.3, 0.4) is 0 Å². The van der Waals surface area contributed by atoms with E-state index in [-0.39, 0.29) is 53.2 Å². The number of para-hydroxylation sites is 1. The Kier molecular flexibility index (Phi) is 19.2. The van der Waals surface area contributed by atoms with Gasteiger partial charge in [0.2, 0.25) is 23.6 Å². The number of carbonyl (C=O) groups is 9. The highest BCUT2D eigenvalue weighted by atomic mass is 16.2. The predicted octanol–water partition coefficient (Wildman–Crippen LogP) is 11.5. The lowest BCUT2D eigenvalue weighted by atomic mass is 10.1. The van der Waals surface area contributed by atoms with Crippen molar-refractivity contribution in [1.82, 2.24) is 5.32 Å². The minimum atomic E-state index is -0.296. The molecule has 5 N–H and O–H groups in total. The Bertz CT molecular complexity index is 4230. The summed E-state index contributed by atoms with van der Waals surface area (Å²) in [5.41, 5.74) is 23.5. The summed E-state index contributed by atoms with van der Waals surface area (Å²) < 4.78 is 0. The van der Waals surface area contributed by atoms with Crippen LogP contribution >= 0.6 is 0 Å². The van der Waals surface area contributed by atoms with Crippen LogP contribution in [0.4, 0.5) is 22.7 Å². The highest BCUT2D eigenvalue weighted by Gasteiger charge is 2.26. The summed E-state index contributed by atoms with van der Waals surface area (Å²) in [7, 11) is 0. The monoisotopic (exact) mass is 1180 g/mol. The number of rotatable bonds is 0. The number of aliphatic imine (C=N–C) groups is 3. The summed E-state index contributed by atoms with van der Waals surface area (Å²) in [4.78, 5) is 110. The Morgan fingerprint density at radius 2 is 0.820 bits per heavy atom. The molecule has 0 aromatic heterocycles. The molecule has 0 saturated carbocycles. The Labute approximate surface area is 514 Å². The fourth-order valence-electron chi connectivity index (χ4n) is 10.4. The molecule has 8 aromatic carbocycles. The molecule has 446 valence electrons. The number of anilines is 4. The number of fused-ring (bicyclic) bond motifs is 8. The number of imide groups is 1. The van der Waals surface area contributed by atoms with Crippen molar-refractivity contribution in [2.24, 2.45) is 15.0 Å². The Morgan fingerprint density at radius 1 is 0.315 bits per heavy atom. The summed E-state index contributed by atoms with van der Waals surface area (Å²) in [6.45, 7) is 15.9. The first-order valence-corrected chi connectivity index (χ1v) is 28.6. The van der Waals surface area contributed by atoms with Gasteiger partial charge in [-0.25, -0.2) is 15.0 Å². The number of nitrogens with one attached hydrogen (secondary N) is 5. The Morgan fingerprint density at radius 3 is 1.55 bits per heavy atom. The average molecular weight is 1190 g/mol. The molecule has 0 bridgehead atoms. The summed E-state index contributed by atoms with van der Waals surface area (Å²) in [6, 6.07) is 46.3. The van der Waals surface area contributed by atoms with Gasteiger partial charge in [-0.2, -0.15) is 0 Å². The lowest BCUT2D eigenvalue weighted by Crippen LogP contribution is -2.19. The average Bonchev–Trinajstić information content (AvgIpc) is 3.76. The van der Waals surface area contributed by atoms with Crippen LogP contribution < -0.4 is 26.6 Å². The zero-order valence-corrected chi connectivity index (χ0v) is 50.4. The molecule has 0 atom stereocenters. The van der Waals surface area contributed by atoms with Gasteiger partial charge in [0, 0.05) is 58.1 Å². The van der Waals surface area contributed by atoms with E-state index in [0.29, 0.717) is 36.8 Å². The molecule has 0 fully saturated rings. The molecule has 0 saturated heterocycles. The zero-order chi connectivity index (χ0) is 63.6. The summed E-state index contributed by atoms with van der Waals surface area (Å²) in [6.07, 6.45) is 7.01. The van der Waals surface area contributed by atoms with E-state index in [1.54, 1.807) is 36.8 Å². The predicted molar refractivity (Wildman–Crippen MR) is 346 cm³/mol. The number of carbonyl (C=O) groups excluding carboxylic acids is 9. The van der Waals surface area contributed by atoms with Gasteiger partial charge in [0.25, 0.3) is 29.5 Å². The molecule has 0 radical (unpaired) electrons. The molecule has 0 aliphatic carbocycles. The van der Waals surface area contributed by atoms with Crippen LogP contribution in [0.15, 0.2) is 161 Å². The lowest BCUT2D eigenvalue weighted by molar-refractivity contribution is -0.115. The highest BCUT2D eigenvalue weighted by Crippen LogP contribution is 2.28. The van der Waals surface area contributed by atoms with E-state index in [4.69, 9.17) is 0 Å². The molecule has 8 aliphatic heterocycles. The minimum absolute atomic E-state index is 0.102. The summed E-state index contributed by atoms with van der Waals surface area (Å²) in [5.74, 6) is -0.541. The van der Waals surface area contributed by atoms with Crippen molar-refractivity contribution in [1.29, 1.82) is 0 Å². The fourth-order valence-corrected chi connectivity index (χ4v) is 10.4. The topological polar surface area (TPSA) is 251 Å². The lowest BCUT2D eigenvalue weighted by Gasteiger charge is -2.00. The van der Waals surface area contributed by atoms with E-state index in [0.717, 1.165) is 106 Å². The van der Waals surface area contributed by atoms with E-state index < -0.39 is 0 Å². The minimum Gasteiger partial charge on any atom is -0.326 e. The summed E-state index contributed by atoms with van der Waals surface area (Å²) in [5, 5.41) is 13.4. The van der Waals surface area contributed by atoms with Crippen molar-refractivity contribution >= 4 is 94.6 Å². The quantitative estimate of drug-likeness (QED) is 0.0904. The van der Waals surface area contributed by atoms with E-state index in [2.05, 4.69) is 41.6 Å². The molecule has 0 spiro atoms. The van der Waals surface area contributed by atoms with Crippen molar-refractivity contribution in [2.45, 2.75) is 81.1 Å². The first-order chi connectivity index (χ1) is 42.6. The first-order valence-electron chi connectivity index (χ1n) is 28.6. The Balaban J connectivity index is 0.000000121. The first kappa shape index (κ1) is 62.3. The normalized spacial score (nSPS) is 14.2. The second-order valence-corrected chi connectivity index (χ2v) is 22.2. The van der Waals surface area contributed by atoms with Crippen LogP contribution in [0.5, 0.6) is 0 Å². The van der Waals surface area contributed by atoms with Gasteiger partial charge in [-0.15, -0.1) is 0 Å². The van der Waals surface area contributed by atoms with Crippen molar-refractivity contribution in [3.63, 3.8) is 0 Å². The molecule has 16 rings (SSSR count). The van der Waals surface area contributed by atoms with Crippen LogP contribution in [0.25, 0.3) is 0 Å². The number of hydrogen-bond acceptors (Lipinski definition) is 9. The third-order valence-corrected chi connectivity index (χ3v) is 15.0. The largest absolute Gasteiger partial charge is 0.326 e. The second-order valence-electron chi connectivity index (χ2n) is 22.2. The third-order valence-electron chi connectivity index (χ3n) is 15.0. The molecule has 8 heterocycles. The highest BCUT2D eigenvalue weighted by molar-refractivity contribution is 6.21. The fraction of sp³-hybridized carbons (Fsp3) is 0.167. The number of hydrogen-bond donors (Lipinski definition) is 5. The van der Waals surface area contributed by atoms with Crippen LogP contribution in [-0.2, 0) is 44.9 Å². The van der Waals surface area contributed by atoms with Gasteiger partial charge in [0.05, 0.1) is 53.5 Å². The van der Waals surface area contributed by atoms with E-state index >= 15 is 0 Å². The van der Waals surface area contributed by atoms with E-state index in [1.165, 1.54) is 16.7 Å². The number of amides is 9. The van der Waals surface area contributed by atoms with E-state index in [1.807, 2.05) is 183 Å². The van der Waals surface area contributed by atoms with Crippen molar-refractivity contribution < 1.29 is 43.2 Å². The molecular formula is C72H64N8O9. The molecule has 17 heteroatoms.